The van der Waals surface area contributed by atoms with E-state index >= 15 is 0 Å². The molecule has 15 heteroatoms. The minimum atomic E-state index is -1.76. The first-order valence-corrected chi connectivity index (χ1v) is 20.6. The van der Waals surface area contributed by atoms with Gasteiger partial charge in [-0.1, -0.05) is 88.8 Å². The molecule has 2 aliphatic rings. The zero-order chi connectivity index (χ0) is 41.1. The second-order valence-corrected chi connectivity index (χ2v) is 14.5. The Kier molecular flexibility index (Phi) is 26.6. The molecule has 0 aromatic carbocycles. The van der Waals surface area contributed by atoms with Crippen LogP contribution in [0.1, 0.15) is 117 Å². The molecule has 0 aromatic heterocycles. The summed E-state index contributed by atoms with van der Waals surface area (Å²) in [4.78, 5) is 24.8. The molecular formula is C41H70O15. The van der Waals surface area contributed by atoms with Crippen molar-refractivity contribution in [3.05, 3.63) is 36.5 Å². The van der Waals surface area contributed by atoms with E-state index in [1.807, 2.05) is 6.92 Å². The molecular weight excluding hydrogens is 732 g/mol. The van der Waals surface area contributed by atoms with E-state index in [1.165, 1.54) is 25.7 Å². The molecule has 2 heterocycles. The van der Waals surface area contributed by atoms with E-state index in [1.54, 1.807) is 0 Å². The Hall–Kier alpha value is -2.28. The molecule has 11 unspecified atom stereocenters. The van der Waals surface area contributed by atoms with E-state index in [0.29, 0.717) is 12.8 Å². The maximum Gasteiger partial charge on any atom is 0.306 e. The maximum absolute atomic E-state index is 12.7. The number of rotatable bonds is 29. The summed E-state index contributed by atoms with van der Waals surface area (Å²) >= 11 is 0. The van der Waals surface area contributed by atoms with Gasteiger partial charge in [-0.25, -0.2) is 0 Å². The third-order valence-electron chi connectivity index (χ3n) is 9.59. The van der Waals surface area contributed by atoms with Crippen molar-refractivity contribution in [2.75, 3.05) is 26.4 Å². The number of unbranched alkanes of at least 4 members (excludes halogenated alkanes) is 9. The van der Waals surface area contributed by atoms with Crippen LogP contribution >= 0.6 is 0 Å². The van der Waals surface area contributed by atoms with Gasteiger partial charge in [-0.15, -0.1) is 0 Å². The minimum Gasteiger partial charge on any atom is -0.462 e. The molecule has 0 saturated carbocycles. The number of hydrogen-bond donors (Lipinski definition) is 7. The number of carbonyl (C=O) groups is 2. The number of aliphatic hydroxyl groups is 7. The second kappa shape index (κ2) is 29.9. The van der Waals surface area contributed by atoms with Crippen LogP contribution in [0, 0.1) is 0 Å². The van der Waals surface area contributed by atoms with Gasteiger partial charge >= 0.3 is 11.9 Å². The zero-order valence-electron chi connectivity index (χ0n) is 33.4. The Balaban J connectivity index is 1.73. The standard InChI is InChI=1S/C41H70O15/c1-3-5-6-7-8-9-10-11-12-13-14-15-16-17-18-19-20-21-22-24-33(44)54-29(26-51-32(43)23-4-2)27-52-40-39(50)37(48)35(46)31(56-40)28-53-41-38(49)36(47)34(45)30(25-42)55-41/h8-9,11-12,14-15,29-31,34-42,45-50H,3-7,10,13,16-28H2,1-2H3/b9-8-,12-11-,15-14-. The molecule has 2 fully saturated rings. The maximum atomic E-state index is 12.7. The summed E-state index contributed by atoms with van der Waals surface area (Å²) in [5, 5.41) is 71.2. The van der Waals surface area contributed by atoms with Gasteiger partial charge in [-0.2, -0.15) is 0 Å². The highest BCUT2D eigenvalue weighted by Crippen LogP contribution is 2.26. The number of hydrogen-bond acceptors (Lipinski definition) is 15. The lowest BCUT2D eigenvalue weighted by Gasteiger charge is -2.42. The Morgan fingerprint density at radius 1 is 0.571 bits per heavy atom. The van der Waals surface area contributed by atoms with Gasteiger partial charge in [0.2, 0.25) is 0 Å². The monoisotopic (exact) mass is 802 g/mol. The first-order valence-electron chi connectivity index (χ1n) is 20.6. The van der Waals surface area contributed by atoms with Crippen molar-refractivity contribution in [1.82, 2.24) is 0 Å². The van der Waals surface area contributed by atoms with Crippen molar-refractivity contribution in [3.8, 4) is 0 Å². The molecule has 56 heavy (non-hydrogen) atoms. The third kappa shape index (κ3) is 19.4. The van der Waals surface area contributed by atoms with E-state index in [9.17, 15) is 45.3 Å². The van der Waals surface area contributed by atoms with Crippen molar-refractivity contribution in [3.63, 3.8) is 0 Å². The topological polar surface area (TPSA) is 231 Å². The number of allylic oxidation sites excluding steroid dienone is 6. The number of carbonyl (C=O) groups excluding carboxylic acids is 2. The average Bonchev–Trinajstić information content (AvgIpc) is 3.18. The normalized spacial score (nSPS) is 29.0. The van der Waals surface area contributed by atoms with Gasteiger partial charge in [0.1, 0.15) is 55.4 Å². The van der Waals surface area contributed by atoms with Crippen molar-refractivity contribution < 1.29 is 73.8 Å². The number of ether oxygens (including phenoxy) is 6. The Bertz CT molecular complexity index is 1130. The molecule has 0 bridgehead atoms. The second-order valence-electron chi connectivity index (χ2n) is 14.5. The number of esters is 2. The van der Waals surface area contributed by atoms with Crippen LogP contribution in [0.25, 0.3) is 0 Å². The lowest BCUT2D eigenvalue weighted by atomic mass is 9.98. The van der Waals surface area contributed by atoms with Gasteiger partial charge < -0.3 is 64.2 Å². The molecule has 0 aromatic rings. The van der Waals surface area contributed by atoms with E-state index in [-0.39, 0.29) is 19.4 Å². The van der Waals surface area contributed by atoms with Crippen LogP contribution in [0.2, 0.25) is 0 Å². The minimum absolute atomic E-state index is 0.148. The van der Waals surface area contributed by atoms with Crippen LogP contribution in [0.15, 0.2) is 36.5 Å². The molecule has 2 aliphatic heterocycles. The molecule has 2 saturated heterocycles. The van der Waals surface area contributed by atoms with Crippen molar-refractivity contribution >= 4 is 11.9 Å². The average molecular weight is 803 g/mol. The van der Waals surface area contributed by atoms with Crippen LogP contribution in [-0.2, 0) is 38.0 Å². The molecule has 0 aliphatic carbocycles. The molecule has 324 valence electrons. The fraction of sp³-hybridized carbons (Fsp3) is 0.805. The third-order valence-corrected chi connectivity index (χ3v) is 9.59. The fourth-order valence-corrected chi connectivity index (χ4v) is 6.14. The molecule has 7 N–H and O–H groups in total. The highest BCUT2D eigenvalue weighted by Gasteiger charge is 2.47. The first kappa shape index (κ1) is 49.9. The summed E-state index contributed by atoms with van der Waals surface area (Å²) in [5.41, 5.74) is 0. The molecule has 11 atom stereocenters. The summed E-state index contributed by atoms with van der Waals surface area (Å²) in [6.45, 7) is 2.11. The predicted octanol–water partition coefficient (Wildman–Crippen LogP) is 3.03. The van der Waals surface area contributed by atoms with Crippen molar-refractivity contribution in [1.29, 1.82) is 0 Å². The van der Waals surface area contributed by atoms with E-state index < -0.39 is 99.3 Å². The quantitative estimate of drug-likeness (QED) is 0.0328. The SMILES string of the molecule is CCCCC/C=C\C/C=C\C/C=C\CCCCCCCCC(=O)OC(COC(=O)CCC)COC1OC(COC2OC(CO)C(O)C(O)C2O)C(O)C(O)C1O. The fourth-order valence-electron chi connectivity index (χ4n) is 6.14. The Morgan fingerprint density at radius 3 is 1.71 bits per heavy atom. The van der Waals surface area contributed by atoms with Crippen LogP contribution in [0.5, 0.6) is 0 Å². The smallest absolute Gasteiger partial charge is 0.306 e. The van der Waals surface area contributed by atoms with E-state index in [2.05, 4.69) is 43.4 Å². The van der Waals surface area contributed by atoms with Gasteiger partial charge in [0, 0.05) is 12.8 Å². The molecule has 15 nitrogen and oxygen atoms in total. The lowest BCUT2D eigenvalue weighted by molar-refractivity contribution is -0.332. The summed E-state index contributed by atoms with van der Waals surface area (Å²) in [7, 11) is 0. The van der Waals surface area contributed by atoms with Crippen LogP contribution < -0.4 is 0 Å². The van der Waals surface area contributed by atoms with Crippen molar-refractivity contribution in [2.45, 2.75) is 184 Å². The first-order chi connectivity index (χ1) is 27.0. The van der Waals surface area contributed by atoms with E-state index in [0.717, 1.165) is 51.4 Å². The van der Waals surface area contributed by atoms with Crippen LogP contribution in [-0.4, -0.2) is 142 Å². The van der Waals surface area contributed by atoms with Gasteiger partial charge in [0.05, 0.1) is 19.8 Å². The highest BCUT2D eigenvalue weighted by atomic mass is 16.7. The Morgan fingerprint density at radius 2 is 1.11 bits per heavy atom. The molecule has 0 amide bonds. The largest absolute Gasteiger partial charge is 0.462 e. The van der Waals surface area contributed by atoms with Crippen molar-refractivity contribution in [2.24, 2.45) is 0 Å². The van der Waals surface area contributed by atoms with Gasteiger partial charge in [-0.3, -0.25) is 9.59 Å². The lowest BCUT2D eigenvalue weighted by Crippen LogP contribution is -2.61. The van der Waals surface area contributed by atoms with Gasteiger partial charge in [0.15, 0.2) is 18.7 Å². The molecule has 2 rings (SSSR count). The van der Waals surface area contributed by atoms with Crippen LogP contribution in [0.4, 0.5) is 0 Å². The summed E-state index contributed by atoms with van der Waals surface area (Å²) in [5.74, 6) is -1.01. The number of aliphatic hydroxyl groups excluding tert-OH is 7. The summed E-state index contributed by atoms with van der Waals surface area (Å²) < 4.78 is 32.8. The Labute approximate surface area is 332 Å². The van der Waals surface area contributed by atoms with E-state index in [4.69, 9.17) is 28.4 Å². The molecule has 0 spiro atoms. The van der Waals surface area contributed by atoms with Crippen LogP contribution in [0.3, 0.4) is 0 Å². The zero-order valence-corrected chi connectivity index (χ0v) is 33.4. The molecule has 0 radical (unpaired) electrons. The van der Waals surface area contributed by atoms with Gasteiger partial charge in [0.25, 0.3) is 0 Å². The van der Waals surface area contributed by atoms with Gasteiger partial charge in [-0.05, 0) is 51.4 Å². The predicted molar refractivity (Wildman–Crippen MR) is 206 cm³/mol. The summed E-state index contributed by atoms with van der Waals surface area (Å²) in [6, 6.07) is 0. The summed E-state index contributed by atoms with van der Waals surface area (Å²) in [6.07, 6.45) is 11.0. The highest BCUT2D eigenvalue weighted by molar-refractivity contribution is 5.70.